The molecule has 11 heavy (non-hydrogen) atoms. The molecular formula is C5H6ClN5. The minimum atomic E-state index is 0.244. The van der Waals surface area contributed by atoms with Gasteiger partial charge in [-0.2, -0.15) is 4.98 Å². The Labute approximate surface area is 68.3 Å². The first-order chi connectivity index (χ1) is 5.25. The van der Waals surface area contributed by atoms with Gasteiger partial charge in [0.2, 0.25) is 5.28 Å². The van der Waals surface area contributed by atoms with E-state index >= 15 is 0 Å². The van der Waals surface area contributed by atoms with Gasteiger partial charge in [-0.1, -0.05) is 0 Å². The third-order valence-corrected chi connectivity index (χ3v) is 1.50. The van der Waals surface area contributed by atoms with Gasteiger partial charge in [-0.3, -0.25) is 10.9 Å². The molecule has 0 saturated heterocycles. The molecule has 2 rings (SSSR count). The topological polar surface area (TPSA) is 53.1 Å². The van der Waals surface area contributed by atoms with Crippen molar-refractivity contribution in [3.63, 3.8) is 0 Å². The van der Waals surface area contributed by atoms with E-state index in [9.17, 15) is 0 Å². The highest BCUT2D eigenvalue weighted by atomic mass is 35.5. The lowest BCUT2D eigenvalue weighted by Crippen LogP contribution is -2.24. The van der Waals surface area contributed by atoms with Gasteiger partial charge in [0.25, 0.3) is 0 Å². The van der Waals surface area contributed by atoms with Crippen molar-refractivity contribution in [3.05, 3.63) is 11.5 Å². The first kappa shape index (κ1) is 6.63. The summed E-state index contributed by atoms with van der Waals surface area (Å²) in [6, 6.07) is 0. The van der Waals surface area contributed by atoms with E-state index in [0.717, 1.165) is 5.69 Å². The first-order valence-corrected chi connectivity index (χ1v) is 3.43. The molecule has 0 spiro atoms. The van der Waals surface area contributed by atoms with Crippen molar-refractivity contribution in [3.8, 4) is 0 Å². The predicted molar refractivity (Wildman–Crippen MR) is 42.1 cm³/mol. The molecule has 0 aromatic carbocycles. The Morgan fingerprint density at radius 2 is 2.36 bits per heavy atom. The number of nitrogens with one attached hydrogen (secondary N) is 2. The van der Waals surface area contributed by atoms with Crippen molar-refractivity contribution in [1.82, 2.24) is 15.1 Å². The number of hydrogen-bond donors (Lipinski definition) is 2. The van der Waals surface area contributed by atoms with Gasteiger partial charge in [0, 0.05) is 7.05 Å². The molecule has 1 aliphatic heterocycles. The van der Waals surface area contributed by atoms with Gasteiger partial charge in [-0.25, -0.2) is 4.98 Å². The molecular weight excluding hydrogens is 166 g/mol. The van der Waals surface area contributed by atoms with Crippen LogP contribution >= 0.6 is 11.6 Å². The van der Waals surface area contributed by atoms with E-state index in [0.29, 0.717) is 5.82 Å². The number of hydrazine groups is 2. The predicted octanol–water partition coefficient (Wildman–Crippen LogP) is 0.729. The maximum atomic E-state index is 5.56. The highest BCUT2D eigenvalue weighted by Gasteiger charge is 2.15. The van der Waals surface area contributed by atoms with E-state index in [-0.39, 0.29) is 5.28 Å². The summed E-state index contributed by atoms with van der Waals surface area (Å²) < 4.78 is 0. The van der Waals surface area contributed by atoms with Crippen molar-refractivity contribution in [2.24, 2.45) is 0 Å². The van der Waals surface area contributed by atoms with Gasteiger partial charge in [0.15, 0.2) is 5.82 Å². The third kappa shape index (κ3) is 1.08. The van der Waals surface area contributed by atoms with Gasteiger partial charge in [0.1, 0.15) is 5.69 Å². The minimum Gasteiger partial charge on any atom is -0.297 e. The summed E-state index contributed by atoms with van der Waals surface area (Å²) in [6.45, 7) is 0. The number of hydrogen-bond acceptors (Lipinski definition) is 5. The lowest BCUT2D eigenvalue weighted by atomic mass is 10.5. The molecule has 0 amide bonds. The van der Waals surface area contributed by atoms with Crippen LogP contribution in [0.4, 0.5) is 11.5 Å². The molecule has 0 atom stereocenters. The third-order valence-electron chi connectivity index (χ3n) is 1.32. The van der Waals surface area contributed by atoms with Crippen LogP contribution in [0.2, 0.25) is 5.28 Å². The van der Waals surface area contributed by atoms with E-state index in [2.05, 4.69) is 20.8 Å². The highest BCUT2D eigenvalue weighted by molar-refractivity contribution is 6.28. The van der Waals surface area contributed by atoms with Crippen molar-refractivity contribution in [2.75, 3.05) is 17.9 Å². The number of fused-ring (bicyclic) bond motifs is 1. The fraction of sp³-hybridized carbons (Fsp3) is 0.200. The number of nitrogens with zero attached hydrogens (tertiary/aromatic N) is 3. The fourth-order valence-electron chi connectivity index (χ4n) is 0.895. The van der Waals surface area contributed by atoms with E-state index < -0.39 is 0 Å². The molecule has 5 nitrogen and oxygen atoms in total. The van der Waals surface area contributed by atoms with Crippen LogP contribution in [0.25, 0.3) is 0 Å². The second-order valence-electron chi connectivity index (χ2n) is 2.18. The molecule has 2 heterocycles. The lowest BCUT2D eigenvalue weighted by molar-refractivity contribution is 0.505. The molecule has 0 bridgehead atoms. The van der Waals surface area contributed by atoms with Gasteiger partial charge < -0.3 is 0 Å². The summed E-state index contributed by atoms with van der Waals surface area (Å²) in [5.74, 6) is 0.701. The Morgan fingerprint density at radius 1 is 1.55 bits per heavy atom. The Bertz CT molecular complexity index is 288. The number of halogens is 1. The average molecular weight is 172 g/mol. The summed E-state index contributed by atoms with van der Waals surface area (Å²) >= 11 is 5.56. The standard InChI is InChI=1S/C5H6ClN5/c1-11-9-3-2-7-5(6)8-4(3)10-11/h2,9H,1H3,(H,7,8,10). The monoisotopic (exact) mass is 171 g/mol. The minimum absolute atomic E-state index is 0.244. The van der Waals surface area contributed by atoms with E-state index in [1.54, 1.807) is 11.3 Å². The first-order valence-electron chi connectivity index (χ1n) is 3.05. The van der Waals surface area contributed by atoms with Crippen LogP contribution in [-0.2, 0) is 0 Å². The van der Waals surface area contributed by atoms with Crippen molar-refractivity contribution >= 4 is 23.1 Å². The van der Waals surface area contributed by atoms with Crippen molar-refractivity contribution in [2.45, 2.75) is 0 Å². The number of rotatable bonds is 0. The Morgan fingerprint density at radius 3 is 3.18 bits per heavy atom. The molecule has 1 aromatic rings. The Kier molecular flexibility index (Phi) is 1.33. The summed E-state index contributed by atoms with van der Waals surface area (Å²) in [4.78, 5) is 7.75. The van der Waals surface area contributed by atoms with Gasteiger partial charge in [0.05, 0.1) is 6.20 Å². The van der Waals surface area contributed by atoms with E-state index in [4.69, 9.17) is 11.6 Å². The van der Waals surface area contributed by atoms with Crippen LogP contribution in [0, 0.1) is 0 Å². The van der Waals surface area contributed by atoms with Crippen molar-refractivity contribution in [1.29, 1.82) is 0 Å². The fourth-order valence-corrected chi connectivity index (χ4v) is 1.03. The van der Waals surface area contributed by atoms with E-state index in [1.165, 1.54) is 0 Å². The Balaban J connectivity index is 2.43. The normalized spacial score (nSPS) is 15.5. The molecule has 0 unspecified atom stereocenters. The second-order valence-corrected chi connectivity index (χ2v) is 2.52. The summed E-state index contributed by atoms with van der Waals surface area (Å²) in [5.41, 5.74) is 6.72. The SMILES string of the molecule is CN1Nc2cnc(Cl)nc2N1. The van der Waals surface area contributed by atoms with E-state index in [1.807, 2.05) is 7.05 Å². The summed E-state index contributed by atoms with van der Waals surface area (Å²) in [7, 11) is 1.83. The average Bonchev–Trinajstić information content (AvgIpc) is 2.27. The molecule has 0 saturated carbocycles. The van der Waals surface area contributed by atoms with Crippen LogP contribution in [0.5, 0.6) is 0 Å². The van der Waals surface area contributed by atoms with Gasteiger partial charge >= 0.3 is 0 Å². The van der Waals surface area contributed by atoms with Crippen LogP contribution < -0.4 is 10.9 Å². The molecule has 58 valence electrons. The molecule has 0 aliphatic carbocycles. The molecule has 1 aliphatic rings. The zero-order chi connectivity index (χ0) is 7.84. The van der Waals surface area contributed by atoms with Crippen LogP contribution in [0.3, 0.4) is 0 Å². The number of aromatic nitrogens is 2. The van der Waals surface area contributed by atoms with Crippen LogP contribution in [0.1, 0.15) is 0 Å². The Hall–Kier alpha value is -1.07. The molecule has 2 N–H and O–H groups in total. The maximum absolute atomic E-state index is 5.56. The molecule has 6 heteroatoms. The van der Waals surface area contributed by atoms with Gasteiger partial charge in [-0.05, 0) is 11.6 Å². The van der Waals surface area contributed by atoms with Crippen LogP contribution in [-0.4, -0.2) is 22.1 Å². The number of anilines is 2. The highest BCUT2D eigenvalue weighted by Crippen LogP contribution is 2.24. The maximum Gasteiger partial charge on any atom is 0.224 e. The van der Waals surface area contributed by atoms with Gasteiger partial charge in [-0.15, -0.1) is 5.12 Å². The van der Waals surface area contributed by atoms with Crippen LogP contribution in [0.15, 0.2) is 6.20 Å². The molecule has 1 aromatic heterocycles. The van der Waals surface area contributed by atoms with Crippen molar-refractivity contribution < 1.29 is 0 Å². The summed E-state index contributed by atoms with van der Waals surface area (Å²) in [6.07, 6.45) is 1.63. The summed E-state index contributed by atoms with van der Waals surface area (Å²) in [5, 5.41) is 1.92. The zero-order valence-electron chi connectivity index (χ0n) is 5.80. The second kappa shape index (κ2) is 2.21. The largest absolute Gasteiger partial charge is 0.297 e. The molecule has 0 fully saturated rings. The zero-order valence-corrected chi connectivity index (χ0v) is 6.55. The lowest BCUT2D eigenvalue weighted by Gasteiger charge is -2.06. The quantitative estimate of drug-likeness (QED) is 0.564. The molecule has 0 radical (unpaired) electrons. The smallest absolute Gasteiger partial charge is 0.224 e.